The van der Waals surface area contributed by atoms with Gasteiger partial charge in [0.15, 0.2) is 0 Å². The van der Waals surface area contributed by atoms with Crippen LogP contribution in [0.15, 0.2) is 48.5 Å². The fourth-order valence-electron chi connectivity index (χ4n) is 1.25. The predicted molar refractivity (Wildman–Crippen MR) is 67.2 cm³/mol. The summed E-state index contributed by atoms with van der Waals surface area (Å²) in [5.74, 6) is 3.04. The second-order valence-electron chi connectivity index (χ2n) is 3.23. The lowest BCUT2D eigenvalue weighted by Gasteiger charge is -2.05. The lowest BCUT2D eigenvalue weighted by atomic mass is 10.2. The van der Waals surface area contributed by atoms with Crippen LogP contribution in [-0.4, -0.2) is 0 Å². The first kappa shape index (κ1) is 11.3. The van der Waals surface area contributed by atoms with Crippen molar-refractivity contribution in [2.45, 2.75) is 0 Å². The highest BCUT2D eigenvalue weighted by Crippen LogP contribution is 2.23. The van der Waals surface area contributed by atoms with Crippen LogP contribution in [-0.2, 0) is 0 Å². The van der Waals surface area contributed by atoms with E-state index in [1.807, 2.05) is 36.4 Å². The van der Waals surface area contributed by atoms with Crippen molar-refractivity contribution in [1.29, 1.82) is 0 Å². The zero-order valence-corrected chi connectivity index (χ0v) is 9.87. The van der Waals surface area contributed by atoms with E-state index in [-0.39, 0.29) is 0 Å². The number of halogens is 2. The maximum atomic E-state index is 5.78. The van der Waals surface area contributed by atoms with E-state index in [0.29, 0.717) is 5.02 Å². The first-order chi connectivity index (χ1) is 7.78. The molecule has 1 radical (unpaired) electrons. The minimum Gasteiger partial charge on any atom is -0.457 e. The van der Waals surface area contributed by atoms with E-state index in [4.69, 9.17) is 27.9 Å². The maximum absolute atomic E-state index is 5.78. The molecule has 0 bridgehead atoms. The Morgan fingerprint density at radius 2 is 1.31 bits per heavy atom. The molecule has 16 heavy (non-hydrogen) atoms. The van der Waals surface area contributed by atoms with Gasteiger partial charge in [-0.25, -0.2) is 0 Å². The van der Waals surface area contributed by atoms with E-state index in [0.717, 1.165) is 17.1 Å². The molecule has 0 unspecified atom stereocenters. The molecule has 3 heteroatoms. The van der Waals surface area contributed by atoms with Crippen molar-refractivity contribution in [2.75, 3.05) is 0 Å². The lowest BCUT2D eigenvalue weighted by molar-refractivity contribution is 0.482. The van der Waals surface area contributed by atoms with Crippen molar-refractivity contribution in [3.63, 3.8) is 0 Å². The predicted octanol–water partition coefficient (Wildman–Crippen LogP) is 4.88. The highest BCUT2D eigenvalue weighted by atomic mass is 35.5. The van der Waals surface area contributed by atoms with Crippen LogP contribution in [0.3, 0.4) is 0 Å². The quantitative estimate of drug-likeness (QED) is 0.756. The van der Waals surface area contributed by atoms with Crippen LogP contribution in [0.1, 0.15) is 5.56 Å². The molecule has 2 rings (SSSR count). The zero-order valence-electron chi connectivity index (χ0n) is 8.36. The third-order valence-electron chi connectivity index (χ3n) is 2.06. The van der Waals surface area contributed by atoms with E-state index in [2.05, 4.69) is 0 Å². The summed E-state index contributed by atoms with van der Waals surface area (Å²) in [7, 11) is 0. The molecule has 1 nitrogen and oxygen atoms in total. The molecule has 0 aliphatic heterocycles. The summed E-state index contributed by atoms with van der Waals surface area (Å²) in [6.45, 7) is 0. The summed E-state index contributed by atoms with van der Waals surface area (Å²) in [6.07, 6.45) is 0. The van der Waals surface area contributed by atoms with Crippen LogP contribution >= 0.6 is 23.2 Å². The molecule has 2 aromatic rings. The van der Waals surface area contributed by atoms with Gasteiger partial charge in [-0.1, -0.05) is 23.7 Å². The molecule has 0 aliphatic rings. The van der Waals surface area contributed by atoms with Gasteiger partial charge in [-0.2, -0.15) is 0 Å². The van der Waals surface area contributed by atoms with Gasteiger partial charge in [-0.05, 0) is 42.0 Å². The van der Waals surface area contributed by atoms with Crippen molar-refractivity contribution in [1.82, 2.24) is 0 Å². The van der Waals surface area contributed by atoms with Crippen LogP contribution < -0.4 is 4.74 Å². The molecule has 0 amide bonds. The van der Waals surface area contributed by atoms with Crippen molar-refractivity contribution in [3.8, 4) is 11.5 Å². The minimum absolute atomic E-state index is 0.694. The molecule has 0 atom stereocenters. The van der Waals surface area contributed by atoms with Crippen LogP contribution in [0.5, 0.6) is 11.5 Å². The standard InChI is InChI=1S/C13H9Cl2O/c14-9-10-1-5-12(6-2-10)16-13-7-3-11(15)4-8-13/h1-9H. The average Bonchev–Trinajstić information content (AvgIpc) is 2.33. The van der Waals surface area contributed by atoms with Gasteiger partial charge in [0.25, 0.3) is 0 Å². The summed E-state index contributed by atoms with van der Waals surface area (Å²) < 4.78 is 5.62. The van der Waals surface area contributed by atoms with Gasteiger partial charge in [0.05, 0.1) is 5.88 Å². The number of benzene rings is 2. The van der Waals surface area contributed by atoms with Gasteiger partial charge >= 0.3 is 0 Å². The fourth-order valence-corrected chi connectivity index (χ4v) is 1.52. The number of hydrogen-bond acceptors (Lipinski definition) is 1. The van der Waals surface area contributed by atoms with E-state index >= 15 is 0 Å². The molecule has 0 aliphatic carbocycles. The van der Waals surface area contributed by atoms with Gasteiger partial charge in [0.1, 0.15) is 11.5 Å². The molecule has 0 N–H and O–H groups in total. The van der Waals surface area contributed by atoms with Crippen LogP contribution in [0, 0.1) is 5.88 Å². The Balaban J connectivity index is 2.11. The van der Waals surface area contributed by atoms with Gasteiger partial charge in [0.2, 0.25) is 0 Å². The normalized spacial score (nSPS) is 10.1. The van der Waals surface area contributed by atoms with Crippen molar-refractivity contribution in [2.24, 2.45) is 0 Å². The number of rotatable bonds is 3. The van der Waals surface area contributed by atoms with E-state index < -0.39 is 0 Å². The smallest absolute Gasteiger partial charge is 0.127 e. The Morgan fingerprint density at radius 1 is 0.812 bits per heavy atom. The molecule has 2 aromatic carbocycles. The van der Waals surface area contributed by atoms with Gasteiger partial charge < -0.3 is 4.74 Å². The zero-order chi connectivity index (χ0) is 11.4. The summed E-state index contributed by atoms with van der Waals surface area (Å²) in [6, 6.07) is 14.7. The highest BCUT2D eigenvalue weighted by Gasteiger charge is 1.97. The molecule has 81 valence electrons. The molecule has 0 spiro atoms. The van der Waals surface area contributed by atoms with Gasteiger partial charge in [-0.15, -0.1) is 11.6 Å². The monoisotopic (exact) mass is 251 g/mol. The topological polar surface area (TPSA) is 9.23 Å². The van der Waals surface area contributed by atoms with Crippen molar-refractivity contribution in [3.05, 3.63) is 65.0 Å². The Kier molecular flexibility index (Phi) is 3.70. The summed E-state index contributed by atoms with van der Waals surface area (Å²) in [4.78, 5) is 0. The SMILES string of the molecule is Cl[CH]c1ccc(Oc2ccc(Cl)cc2)cc1. The van der Waals surface area contributed by atoms with Gasteiger partial charge in [0, 0.05) is 5.02 Å². The lowest BCUT2D eigenvalue weighted by Crippen LogP contribution is -1.84. The third kappa shape index (κ3) is 2.91. The highest BCUT2D eigenvalue weighted by molar-refractivity contribution is 6.30. The largest absolute Gasteiger partial charge is 0.457 e. The summed E-state index contributed by atoms with van der Waals surface area (Å²) >= 11 is 11.4. The van der Waals surface area contributed by atoms with E-state index in [1.165, 1.54) is 5.88 Å². The number of hydrogen-bond donors (Lipinski definition) is 0. The minimum atomic E-state index is 0.694. The molecular weight excluding hydrogens is 243 g/mol. The second kappa shape index (κ2) is 5.24. The van der Waals surface area contributed by atoms with Crippen LogP contribution in [0.2, 0.25) is 5.02 Å². The molecule has 0 fully saturated rings. The molecular formula is C13H9Cl2O. The Labute approximate surface area is 105 Å². The Morgan fingerprint density at radius 3 is 1.81 bits per heavy atom. The average molecular weight is 252 g/mol. The number of ether oxygens (including phenoxy) is 1. The van der Waals surface area contributed by atoms with Crippen LogP contribution in [0.25, 0.3) is 0 Å². The Hall–Kier alpha value is -1.18. The van der Waals surface area contributed by atoms with Crippen molar-refractivity contribution < 1.29 is 4.74 Å². The summed E-state index contributed by atoms with van der Waals surface area (Å²) in [5, 5.41) is 0.694. The fraction of sp³-hybridized carbons (Fsp3) is 0. The van der Waals surface area contributed by atoms with Crippen molar-refractivity contribution >= 4 is 23.2 Å². The molecule has 0 heterocycles. The van der Waals surface area contributed by atoms with Crippen LogP contribution in [0.4, 0.5) is 0 Å². The van der Waals surface area contributed by atoms with E-state index in [9.17, 15) is 0 Å². The molecule has 0 saturated heterocycles. The maximum Gasteiger partial charge on any atom is 0.127 e. The Bertz CT molecular complexity index is 448. The first-order valence-corrected chi connectivity index (χ1v) is 5.56. The molecule has 0 aromatic heterocycles. The third-order valence-corrected chi connectivity index (χ3v) is 2.56. The van der Waals surface area contributed by atoms with Gasteiger partial charge in [-0.3, -0.25) is 0 Å². The first-order valence-electron chi connectivity index (χ1n) is 4.75. The molecule has 0 saturated carbocycles. The summed E-state index contributed by atoms with van der Waals surface area (Å²) in [5.41, 5.74) is 0.949. The van der Waals surface area contributed by atoms with E-state index in [1.54, 1.807) is 12.1 Å². The second-order valence-corrected chi connectivity index (χ2v) is 3.89.